The first-order chi connectivity index (χ1) is 18.1. The zero-order valence-electron chi connectivity index (χ0n) is 25.4. The summed E-state index contributed by atoms with van der Waals surface area (Å²) in [5, 5.41) is 44.9. The van der Waals surface area contributed by atoms with Crippen LogP contribution in [0, 0.1) is 39.4 Å². The lowest BCUT2D eigenvalue weighted by Gasteiger charge is -2.65. The zero-order chi connectivity index (χ0) is 30.4. The second-order valence-corrected chi connectivity index (χ2v) is 15.0. The van der Waals surface area contributed by atoms with Crippen LogP contribution in [0.4, 0.5) is 0 Å². The van der Waals surface area contributed by atoms with Gasteiger partial charge in [0.15, 0.2) is 5.78 Å². The Bertz CT molecular complexity index is 1160. The van der Waals surface area contributed by atoms with Gasteiger partial charge in [-0.15, -0.1) is 0 Å². The Balaban J connectivity index is 1.74. The first kappa shape index (κ1) is 31.1. The van der Waals surface area contributed by atoms with Crippen LogP contribution in [0.3, 0.4) is 0 Å². The van der Waals surface area contributed by atoms with E-state index in [9.17, 15) is 34.8 Å². The lowest BCUT2D eigenvalue weighted by Crippen LogP contribution is -2.65. The summed E-state index contributed by atoms with van der Waals surface area (Å²) in [6.45, 7) is 15.7. The highest BCUT2D eigenvalue weighted by Crippen LogP contribution is 2.74. The topological polar surface area (TPSA) is 141 Å². The molecule has 4 rings (SSSR count). The number of hydrogen-bond donors (Lipinski definition) is 4. The number of ketones is 2. The summed E-state index contributed by atoms with van der Waals surface area (Å²) in [4.78, 5) is 39.2. The van der Waals surface area contributed by atoms with Crippen molar-refractivity contribution in [2.75, 3.05) is 0 Å². The molecule has 40 heavy (non-hydrogen) atoms. The van der Waals surface area contributed by atoms with Gasteiger partial charge in [-0.3, -0.25) is 14.4 Å². The number of carbonyl (C=O) groups excluding carboxylic acids is 3. The first-order valence-corrected chi connectivity index (χ1v) is 14.5. The minimum Gasteiger partial charge on any atom is -0.456 e. The smallest absolute Gasteiger partial charge is 0.303 e. The lowest BCUT2D eigenvalue weighted by atomic mass is 9.38. The molecule has 0 aliphatic heterocycles. The molecular formula is C32H48O8. The summed E-state index contributed by atoms with van der Waals surface area (Å²) in [7, 11) is 0. The largest absolute Gasteiger partial charge is 0.456 e. The molecule has 0 amide bonds. The number of rotatable bonds is 5. The van der Waals surface area contributed by atoms with Crippen molar-refractivity contribution in [3.8, 4) is 0 Å². The van der Waals surface area contributed by atoms with Crippen molar-refractivity contribution in [2.24, 2.45) is 39.4 Å². The molecule has 10 atom stereocenters. The van der Waals surface area contributed by atoms with Crippen LogP contribution < -0.4 is 0 Å². The highest BCUT2D eigenvalue weighted by molar-refractivity contribution is 5.97. The zero-order valence-corrected chi connectivity index (χ0v) is 25.4. The summed E-state index contributed by atoms with van der Waals surface area (Å²) in [5.41, 5.74) is -5.04. The molecule has 3 saturated carbocycles. The minimum absolute atomic E-state index is 0.00125. The fraction of sp³-hybridized carbons (Fsp3) is 0.781. The molecule has 0 spiro atoms. The standard InChI is InChI=1S/C32H48O8/c1-17(33)40-27(2,3)13-12-23(36)32(9,39)25-21(35)15-29(6)22-11-10-18-19(14-20(34)26(38)28(18,4)5)31(22,8)24(37)16-30(25,29)7/h10,12-13,19-22,25-26,34-35,38-39H,11,14-16H2,1-9H3/b13-12+/t19?,20?,21-,22?,25+,26+,29+,30-,31-,32+/m0/s1. The van der Waals surface area contributed by atoms with Crippen LogP contribution in [-0.2, 0) is 19.1 Å². The molecule has 0 aromatic rings. The number of fused-ring (bicyclic) bond motifs is 5. The Hall–Kier alpha value is -1.87. The number of ether oxygens (including phenoxy) is 1. The Kier molecular flexibility index (Phi) is 7.24. The highest BCUT2D eigenvalue weighted by atomic mass is 16.6. The third-order valence-electron chi connectivity index (χ3n) is 11.8. The van der Waals surface area contributed by atoms with Gasteiger partial charge in [-0.2, -0.15) is 0 Å². The molecule has 3 unspecified atom stereocenters. The van der Waals surface area contributed by atoms with Gasteiger partial charge in [-0.1, -0.05) is 46.3 Å². The molecule has 0 saturated heterocycles. The van der Waals surface area contributed by atoms with Crippen LogP contribution >= 0.6 is 0 Å². The summed E-state index contributed by atoms with van der Waals surface area (Å²) in [6, 6.07) is 0. The predicted molar refractivity (Wildman–Crippen MR) is 149 cm³/mol. The van der Waals surface area contributed by atoms with Crippen LogP contribution in [0.1, 0.15) is 88.0 Å². The van der Waals surface area contributed by atoms with Gasteiger partial charge >= 0.3 is 5.97 Å². The Labute approximate surface area is 237 Å². The Morgan fingerprint density at radius 2 is 1.62 bits per heavy atom. The predicted octanol–water partition coefficient (Wildman–Crippen LogP) is 3.29. The van der Waals surface area contributed by atoms with Gasteiger partial charge < -0.3 is 25.2 Å². The number of hydrogen-bond acceptors (Lipinski definition) is 8. The highest BCUT2D eigenvalue weighted by Gasteiger charge is 2.74. The van der Waals surface area contributed by atoms with E-state index in [1.165, 1.54) is 26.0 Å². The molecule has 0 aromatic heterocycles. The average molecular weight is 561 g/mol. The maximum atomic E-state index is 14.3. The van der Waals surface area contributed by atoms with Gasteiger partial charge in [0.05, 0.1) is 18.3 Å². The molecule has 4 N–H and O–H groups in total. The van der Waals surface area contributed by atoms with Crippen molar-refractivity contribution in [1.29, 1.82) is 0 Å². The molecule has 224 valence electrons. The van der Waals surface area contributed by atoms with E-state index < -0.39 is 68.8 Å². The maximum Gasteiger partial charge on any atom is 0.303 e. The van der Waals surface area contributed by atoms with E-state index in [0.717, 1.165) is 5.57 Å². The van der Waals surface area contributed by atoms with Crippen molar-refractivity contribution in [3.05, 3.63) is 23.8 Å². The molecule has 4 aliphatic carbocycles. The monoisotopic (exact) mass is 560 g/mol. The lowest BCUT2D eigenvalue weighted by molar-refractivity contribution is -0.186. The van der Waals surface area contributed by atoms with E-state index >= 15 is 0 Å². The second kappa shape index (κ2) is 9.32. The van der Waals surface area contributed by atoms with E-state index in [0.29, 0.717) is 12.8 Å². The van der Waals surface area contributed by atoms with E-state index in [2.05, 4.69) is 13.0 Å². The third kappa shape index (κ3) is 4.19. The van der Waals surface area contributed by atoms with Crippen molar-refractivity contribution in [3.63, 3.8) is 0 Å². The van der Waals surface area contributed by atoms with Crippen molar-refractivity contribution in [2.45, 2.75) is 118 Å². The maximum absolute atomic E-state index is 14.3. The summed E-state index contributed by atoms with van der Waals surface area (Å²) in [6.07, 6.45) is 3.10. The van der Waals surface area contributed by atoms with Crippen LogP contribution in [0.2, 0.25) is 0 Å². The first-order valence-electron chi connectivity index (χ1n) is 14.5. The summed E-state index contributed by atoms with van der Waals surface area (Å²) < 4.78 is 5.23. The molecule has 8 heteroatoms. The van der Waals surface area contributed by atoms with Gasteiger partial charge in [0.2, 0.25) is 0 Å². The molecule has 0 aromatic carbocycles. The average Bonchev–Trinajstić information content (AvgIpc) is 3.01. The van der Waals surface area contributed by atoms with Gasteiger partial charge in [0.25, 0.3) is 0 Å². The van der Waals surface area contributed by atoms with Crippen LogP contribution in [0.25, 0.3) is 0 Å². The van der Waals surface area contributed by atoms with Gasteiger partial charge in [-0.05, 0) is 74.9 Å². The summed E-state index contributed by atoms with van der Waals surface area (Å²) >= 11 is 0. The molecule has 8 nitrogen and oxygen atoms in total. The van der Waals surface area contributed by atoms with E-state index in [4.69, 9.17) is 4.74 Å². The second-order valence-electron chi connectivity index (χ2n) is 15.0. The molecule has 0 heterocycles. The molecule has 0 radical (unpaired) electrons. The molecule has 4 aliphatic rings. The number of Topliss-reactive ketones (excluding diaryl/α,β-unsaturated/α-hetero) is 1. The van der Waals surface area contributed by atoms with Crippen molar-refractivity contribution in [1.82, 2.24) is 0 Å². The van der Waals surface area contributed by atoms with Crippen LogP contribution in [0.5, 0.6) is 0 Å². The van der Waals surface area contributed by atoms with E-state index in [1.807, 2.05) is 27.7 Å². The Morgan fingerprint density at radius 1 is 1.02 bits per heavy atom. The van der Waals surface area contributed by atoms with Crippen molar-refractivity contribution < 1.29 is 39.5 Å². The number of aliphatic hydroxyl groups is 4. The number of aliphatic hydroxyl groups excluding tert-OH is 3. The minimum atomic E-state index is -1.98. The number of esters is 1. The van der Waals surface area contributed by atoms with Gasteiger partial charge in [0, 0.05) is 30.1 Å². The van der Waals surface area contributed by atoms with E-state index in [-0.39, 0.29) is 30.5 Å². The normalized spacial score (nSPS) is 44.2. The molecule has 0 bridgehead atoms. The van der Waals surface area contributed by atoms with Gasteiger partial charge in [-0.25, -0.2) is 0 Å². The Morgan fingerprint density at radius 3 is 2.20 bits per heavy atom. The fourth-order valence-corrected chi connectivity index (χ4v) is 9.55. The van der Waals surface area contributed by atoms with E-state index in [1.54, 1.807) is 13.8 Å². The van der Waals surface area contributed by atoms with Crippen LogP contribution in [-0.4, -0.2) is 67.5 Å². The number of carbonyl (C=O) groups is 3. The van der Waals surface area contributed by atoms with Gasteiger partial charge in [0.1, 0.15) is 17.0 Å². The molecule has 3 fully saturated rings. The fourth-order valence-electron chi connectivity index (χ4n) is 9.55. The molecular weight excluding hydrogens is 512 g/mol. The van der Waals surface area contributed by atoms with Crippen LogP contribution in [0.15, 0.2) is 23.8 Å². The quantitative estimate of drug-likeness (QED) is 0.228. The summed E-state index contributed by atoms with van der Waals surface area (Å²) in [5.74, 6) is -2.48. The third-order valence-corrected chi connectivity index (χ3v) is 11.8. The van der Waals surface area contributed by atoms with Crippen molar-refractivity contribution >= 4 is 17.5 Å². The SMILES string of the molecule is CC(=O)OC(C)(C)/C=C/C(=O)[C@@](C)(O)[C@@H]1[C@@H](O)C[C@]2(C)C3CC=C4C(CC(O)[C@@H](O)C4(C)C)[C@]3(C)C(=O)C[C@@]12C. The number of allylic oxidation sites excluding steroid dienone is 1.